The van der Waals surface area contributed by atoms with Gasteiger partial charge in [-0.25, -0.2) is 9.59 Å². The number of pyridine rings is 1. The van der Waals surface area contributed by atoms with E-state index in [2.05, 4.69) is 15.0 Å². The number of amides is 1. The largest absolute Gasteiger partial charge is 0.466 e. The van der Waals surface area contributed by atoms with Crippen LogP contribution in [0.3, 0.4) is 0 Å². The number of H-pyrrole nitrogens is 1. The number of fused-ring (bicyclic) bond motifs is 1. The lowest BCUT2D eigenvalue weighted by Crippen LogP contribution is -2.44. The van der Waals surface area contributed by atoms with Crippen LogP contribution in [0.2, 0.25) is 5.02 Å². The summed E-state index contributed by atoms with van der Waals surface area (Å²) in [5, 5.41) is 3.78. The summed E-state index contributed by atoms with van der Waals surface area (Å²) < 4.78 is 9.46. The Kier molecular flexibility index (Phi) is 7.04. The number of aromatic amines is 1. The van der Waals surface area contributed by atoms with E-state index in [0.29, 0.717) is 21.5 Å². The smallest absolute Gasteiger partial charge is 0.344 e. The second-order valence-electron chi connectivity index (χ2n) is 6.63. The fourth-order valence-electron chi connectivity index (χ4n) is 2.99. The minimum atomic E-state index is -1.15. The third-order valence-corrected chi connectivity index (χ3v) is 4.77. The molecule has 0 saturated carbocycles. The number of carbonyl (C=O) groups excluding carboxylic acids is 3. The van der Waals surface area contributed by atoms with E-state index in [0.717, 1.165) is 0 Å². The fourth-order valence-corrected chi connectivity index (χ4v) is 3.12. The van der Waals surface area contributed by atoms with Crippen LogP contribution in [0.5, 0.6) is 0 Å². The molecule has 0 aliphatic rings. The topological polar surface area (TPSA) is 115 Å². The highest BCUT2D eigenvalue weighted by Crippen LogP contribution is 2.17. The lowest BCUT2D eigenvalue weighted by atomic mass is 10.0. The molecule has 0 bridgehead atoms. The maximum absolute atomic E-state index is 12.7. The van der Waals surface area contributed by atoms with Crippen molar-refractivity contribution in [1.29, 1.82) is 0 Å². The number of methoxy groups -OCH3 is 1. The molecule has 3 aromatic rings. The van der Waals surface area contributed by atoms with Crippen molar-refractivity contribution in [3.63, 3.8) is 0 Å². The summed E-state index contributed by atoms with van der Waals surface area (Å²) in [4.78, 5) is 51.4. The number of esters is 2. The first-order chi connectivity index (χ1) is 14.9. The maximum atomic E-state index is 12.7. The van der Waals surface area contributed by atoms with Gasteiger partial charge in [-0.1, -0.05) is 29.8 Å². The molecule has 1 unspecified atom stereocenters. The third kappa shape index (κ3) is 5.70. The van der Waals surface area contributed by atoms with Crippen LogP contribution >= 0.6 is 11.6 Å². The van der Waals surface area contributed by atoms with Crippen molar-refractivity contribution in [3.8, 4) is 0 Å². The number of hydrogen-bond donors (Lipinski definition) is 2. The molecule has 0 fully saturated rings. The number of para-hydroxylation sites is 1. The monoisotopic (exact) mass is 442 g/mol. The lowest BCUT2D eigenvalue weighted by molar-refractivity contribution is -0.158. The van der Waals surface area contributed by atoms with Crippen LogP contribution in [0.15, 0.2) is 59.4 Å². The molecule has 8 nitrogen and oxygen atoms in total. The zero-order valence-electron chi connectivity index (χ0n) is 16.5. The summed E-state index contributed by atoms with van der Waals surface area (Å²) in [5.74, 6) is -2.11. The van der Waals surface area contributed by atoms with Crippen LogP contribution < -0.4 is 10.9 Å². The average molecular weight is 443 g/mol. The van der Waals surface area contributed by atoms with Gasteiger partial charge in [-0.05, 0) is 35.9 Å². The molecule has 0 radical (unpaired) electrons. The Bertz CT molecular complexity index is 1170. The molecule has 160 valence electrons. The Morgan fingerprint density at radius 1 is 1.10 bits per heavy atom. The molecule has 1 aromatic heterocycles. The van der Waals surface area contributed by atoms with Gasteiger partial charge in [0.05, 0.1) is 7.11 Å². The van der Waals surface area contributed by atoms with Gasteiger partial charge in [0, 0.05) is 34.0 Å². The molecule has 0 saturated heterocycles. The SMILES string of the molecule is COC(=O)COC(=O)C(Cc1cc(=O)[nH]c2ccccc12)NC(=O)c1ccc(Cl)cc1. The van der Waals surface area contributed by atoms with Crippen molar-refractivity contribution in [2.75, 3.05) is 13.7 Å². The molecular formula is C22H19ClN2O6. The summed E-state index contributed by atoms with van der Waals surface area (Å²) in [5.41, 5.74) is 1.07. The van der Waals surface area contributed by atoms with Crippen molar-refractivity contribution in [2.45, 2.75) is 12.5 Å². The Balaban J connectivity index is 1.89. The average Bonchev–Trinajstić information content (AvgIpc) is 2.76. The summed E-state index contributed by atoms with van der Waals surface area (Å²) in [6.45, 7) is -0.598. The normalized spacial score (nSPS) is 11.5. The number of rotatable bonds is 7. The number of hydrogen-bond acceptors (Lipinski definition) is 6. The van der Waals surface area contributed by atoms with Crippen LogP contribution in [0.4, 0.5) is 0 Å². The van der Waals surface area contributed by atoms with E-state index in [1.165, 1.54) is 25.3 Å². The van der Waals surface area contributed by atoms with Crippen molar-refractivity contribution < 1.29 is 23.9 Å². The summed E-state index contributed by atoms with van der Waals surface area (Å²) in [7, 11) is 1.17. The minimum Gasteiger partial charge on any atom is -0.466 e. The van der Waals surface area contributed by atoms with Crippen molar-refractivity contribution in [3.05, 3.63) is 81.1 Å². The van der Waals surface area contributed by atoms with E-state index in [4.69, 9.17) is 16.3 Å². The first-order valence-electron chi connectivity index (χ1n) is 9.28. The highest BCUT2D eigenvalue weighted by molar-refractivity contribution is 6.30. The number of benzene rings is 2. The Morgan fingerprint density at radius 2 is 1.81 bits per heavy atom. The molecule has 31 heavy (non-hydrogen) atoms. The van der Waals surface area contributed by atoms with Gasteiger partial charge in [0.15, 0.2) is 6.61 Å². The molecule has 9 heteroatoms. The molecule has 2 N–H and O–H groups in total. The molecule has 1 amide bonds. The number of halogens is 1. The predicted molar refractivity (Wildman–Crippen MR) is 114 cm³/mol. The van der Waals surface area contributed by atoms with Crippen LogP contribution in [0.1, 0.15) is 15.9 Å². The van der Waals surface area contributed by atoms with E-state index < -0.39 is 30.5 Å². The number of ether oxygens (including phenoxy) is 2. The summed E-state index contributed by atoms with van der Waals surface area (Å²) >= 11 is 5.85. The summed E-state index contributed by atoms with van der Waals surface area (Å²) in [6.07, 6.45) is -0.0240. The van der Waals surface area contributed by atoms with E-state index >= 15 is 0 Å². The minimum absolute atomic E-state index is 0.0240. The first kappa shape index (κ1) is 22.0. The van der Waals surface area contributed by atoms with Gasteiger partial charge >= 0.3 is 11.9 Å². The Hall–Kier alpha value is -3.65. The zero-order chi connectivity index (χ0) is 22.4. The van der Waals surface area contributed by atoms with Gasteiger partial charge < -0.3 is 19.8 Å². The number of carbonyl (C=O) groups is 3. The van der Waals surface area contributed by atoms with Gasteiger partial charge in [-0.15, -0.1) is 0 Å². The Morgan fingerprint density at radius 3 is 2.52 bits per heavy atom. The van der Waals surface area contributed by atoms with Crippen LogP contribution in [0, 0.1) is 0 Å². The fraction of sp³-hybridized carbons (Fsp3) is 0.182. The van der Waals surface area contributed by atoms with Crippen molar-refractivity contribution in [2.24, 2.45) is 0 Å². The third-order valence-electron chi connectivity index (χ3n) is 4.52. The van der Waals surface area contributed by atoms with Crippen LogP contribution in [-0.2, 0) is 25.5 Å². The van der Waals surface area contributed by atoms with E-state index in [1.807, 2.05) is 0 Å². The van der Waals surface area contributed by atoms with Gasteiger partial charge in [-0.2, -0.15) is 0 Å². The molecular weight excluding hydrogens is 424 g/mol. The van der Waals surface area contributed by atoms with Crippen LogP contribution in [-0.4, -0.2) is 42.6 Å². The molecule has 1 heterocycles. The van der Waals surface area contributed by atoms with Gasteiger partial charge in [0.2, 0.25) is 5.56 Å². The number of aromatic nitrogens is 1. The van der Waals surface area contributed by atoms with Gasteiger partial charge in [0.25, 0.3) is 5.91 Å². The van der Waals surface area contributed by atoms with E-state index in [1.54, 1.807) is 36.4 Å². The van der Waals surface area contributed by atoms with Crippen LogP contribution in [0.25, 0.3) is 10.9 Å². The zero-order valence-corrected chi connectivity index (χ0v) is 17.3. The highest BCUT2D eigenvalue weighted by atomic mass is 35.5. The standard InChI is InChI=1S/C22H19ClN2O6/c1-30-20(27)12-31-22(29)18(25-21(28)13-6-8-15(23)9-7-13)10-14-11-19(26)24-17-5-3-2-4-16(14)17/h2-9,11,18H,10,12H2,1H3,(H,24,26)(H,25,28). The lowest BCUT2D eigenvalue weighted by Gasteiger charge is -2.18. The second kappa shape index (κ2) is 9.90. The number of nitrogens with one attached hydrogen (secondary N) is 2. The molecule has 0 aliphatic heterocycles. The van der Waals surface area contributed by atoms with E-state index in [-0.39, 0.29) is 17.5 Å². The maximum Gasteiger partial charge on any atom is 0.344 e. The molecule has 2 aromatic carbocycles. The second-order valence-corrected chi connectivity index (χ2v) is 7.06. The van der Waals surface area contributed by atoms with Gasteiger partial charge in [-0.3, -0.25) is 9.59 Å². The van der Waals surface area contributed by atoms with Gasteiger partial charge in [0.1, 0.15) is 6.04 Å². The first-order valence-corrected chi connectivity index (χ1v) is 9.66. The highest BCUT2D eigenvalue weighted by Gasteiger charge is 2.25. The van der Waals surface area contributed by atoms with E-state index in [9.17, 15) is 19.2 Å². The predicted octanol–water partition coefficient (Wildman–Crippen LogP) is 2.24. The molecule has 0 aliphatic carbocycles. The molecule has 3 rings (SSSR count). The Labute approximate surface area is 182 Å². The molecule has 1 atom stereocenters. The van der Waals surface area contributed by atoms with Crippen molar-refractivity contribution in [1.82, 2.24) is 10.3 Å². The summed E-state index contributed by atoms with van der Waals surface area (Å²) in [6, 6.07) is 13.4. The molecule has 0 spiro atoms. The van der Waals surface area contributed by atoms with Crippen molar-refractivity contribution >= 4 is 40.3 Å². The quantitative estimate of drug-likeness (QED) is 0.542.